The molecule has 2 rings (SSSR count). The molecule has 0 radical (unpaired) electrons. The van der Waals surface area contributed by atoms with Gasteiger partial charge in [0.05, 0.1) is 31.3 Å². The fraction of sp³-hybridized carbons (Fsp3) is 0.375. The SMILES string of the molecule is CCC(C)Oc1c(C=Nn2cc(C)nc2N)cccc1OC. The van der Waals surface area contributed by atoms with Crippen LogP contribution in [0.2, 0.25) is 0 Å². The number of nitrogens with two attached hydrogens (primary N) is 1. The molecule has 6 nitrogen and oxygen atoms in total. The summed E-state index contributed by atoms with van der Waals surface area (Å²) in [4.78, 5) is 4.11. The predicted molar refractivity (Wildman–Crippen MR) is 87.7 cm³/mol. The van der Waals surface area contributed by atoms with Crippen LogP contribution >= 0.6 is 0 Å². The van der Waals surface area contributed by atoms with Crippen molar-refractivity contribution >= 4 is 12.2 Å². The van der Waals surface area contributed by atoms with E-state index in [9.17, 15) is 0 Å². The van der Waals surface area contributed by atoms with E-state index in [2.05, 4.69) is 17.0 Å². The van der Waals surface area contributed by atoms with Gasteiger partial charge in [-0.15, -0.1) is 0 Å². The molecule has 0 spiro atoms. The predicted octanol–water partition coefficient (Wildman–Crippen LogP) is 2.84. The first-order valence-corrected chi connectivity index (χ1v) is 7.24. The van der Waals surface area contributed by atoms with E-state index in [1.165, 1.54) is 4.68 Å². The van der Waals surface area contributed by atoms with Crippen LogP contribution in [0.4, 0.5) is 5.95 Å². The van der Waals surface area contributed by atoms with Gasteiger partial charge in [-0.3, -0.25) is 0 Å². The summed E-state index contributed by atoms with van der Waals surface area (Å²) in [7, 11) is 1.62. The second kappa shape index (κ2) is 6.98. The molecule has 6 heteroatoms. The third kappa shape index (κ3) is 3.58. The first kappa shape index (κ1) is 15.9. The Morgan fingerprint density at radius 3 is 2.82 bits per heavy atom. The Hall–Kier alpha value is -2.50. The number of anilines is 1. The largest absolute Gasteiger partial charge is 0.493 e. The van der Waals surface area contributed by atoms with Gasteiger partial charge in [-0.1, -0.05) is 13.0 Å². The number of benzene rings is 1. The summed E-state index contributed by atoms with van der Waals surface area (Å²) in [6.45, 7) is 5.96. The monoisotopic (exact) mass is 302 g/mol. The van der Waals surface area contributed by atoms with Gasteiger partial charge >= 0.3 is 0 Å². The molecular formula is C16H22N4O2. The van der Waals surface area contributed by atoms with Crippen molar-refractivity contribution in [2.75, 3.05) is 12.8 Å². The standard InChI is InChI=1S/C16H22N4O2/c1-5-12(3)22-15-13(7-6-8-14(15)21-4)9-18-20-10-11(2)19-16(20)17/h6-10,12H,5H2,1-4H3,(H2,17,19). The van der Waals surface area contributed by atoms with E-state index in [0.717, 1.165) is 17.7 Å². The first-order valence-electron chi connectivity index (χ1n) is 7.24. The number of nitrogens with zero attached hydrogens (tertiary/aromatic N) is 3. The lowest BCUT2D eigenvalue weighted by atomic mass is 10.2. The number of hydrogen-bond donors (Lipinski definition) is 1. The van der Waals surface area contributed by atoms with Crippen LogP contribution in [0.15, 0.2) is 29.5 Å². The highest BCUT2D eigenvalue weighted by molar-refractivity contribution is 5.85. The third-order valence-corrected chi connectivity index (χ3v) is 3.28. The van der Waals surface area contributed by atoms with E-state index in [0.29, 0.717) is 17.4 Å². The number of imidazole rings is 1. The zero-order valence-corrected chi connectivity index (χ0v) is 13.4. The average molecular weight is 302 g/mol. The first-order chi connectivity index (χ1) is 10.5. The van der Waals surface area contributed by atoms with E-state index in [1.54, 1.807) is 19.5 Å². The van der Waals surface area contributed by atoms with E-state index in [-0.39, 0.29) is 6.10 Å². The minimum atomic E-state index is 0.0870. The Bertz CT molecular complexity index is 664. The molecule has 1 unspecified atom stereocenters. The van der Waals surface area contributed by atoms with Crippen LogP contribution in [0.5, 0.6) is 11.5 Å². The van der Waals surface area contributed by atoms with E-state index >= 15 is 0 Å². The second-order valence-corrected chi connectivity index (χ2v) is 5.04. The van der Waals surface area contributed by atoms with Gasteiger partial charge in [-0.2, -0.15) is 5.10 Å². The fourth-order valence-corrected chi connectivity index (χ4v) is 1.93. The van der Waals surface area contributed by atoms with Gasteiger partial charge in [0.25, 0.3) is 0 Å². The minimum absolute atomic E-state index is 0.0870. The number of ether oxygens (including phenoxy) is 2. The van der Waals surface area contributed by atoms with Gasteiger partial charge in [0.2, 0.25) is 5.95 Å². The highest BCUT2D eigenvalue weighted by Gasteiger charge is 2.12. The Kier molecular flexibility index (Phi) is 5.04. The number of nitrogen functional groups attached to an aromatic ring is 1. The van der Waals surface area contributed by atoms with Gasteiger partial charge in [-0.25, -0.2) is 9.66 Å². The summed E-state index contributed by atoms with van der Waals surface area (Å²) < 4.78 is 12.9. The van der Waals surface area contributed by atoms with Gasteiger partial charge < -0.3 is 15.2 Å². The van der Waals surface area contributed by atoms with Crippen LogP contribution < -0.4 is 15.2 Å². The zero-order valence-electron chi connectivity index (χ0n) is 13.4. The molecule has 0 bridgehead atoms. The number of aromatic nitrogens is 2. The van der Waals surface area contributed by atoms with Crippen LogP contribution in [0.3, 0.4) is 0 Å². The second-order valence-electron chi connectivity index (χ2n) is 5.04. The Balaban J connectivity index is 2.35. The molecule has 0 saturated heterocycles. The van der Waals surface area contributed by atoms with E-state index in [1.807, 2.05) is 32.0 Å². The summed E-state index contributed by atoms with van der Waals surface area (Å²) in [5.74, 6) is 1.71. The molecule has 0 fully saturated rings. The Morgan fingerprint density at radius 1 is 1.45 bits per heavy atom. The summed E-state index contributed by atoms with van der Waals surface area (Å²) in [6.07, 6.45) is 4.45. The fourth-order valence-electron chi connectivity index (χ4n) is 1.93. The van der Waals surface area contributed by atoms with Gasteiger partial charge in [-0.05, 0) is 32.4 Å². The molecule has 0 aliphatic heterocycles. The summed E-state index contributed by atoms with van der Waals surface area (Å²) in [5, 5.41) is 4.33. The Morgan fingerprint density at radius 2 is 2.23 bits per heavy atom. The van der Waals surface area contributed by atoms with Crippen LogP contribution in [-0.2, 0) is 0 Å². The van der Waals surface area contributed by atoms with Crippen molar-refractivity contribution in [3.8, 4) is 11.5 Å². The summed E-state index contributed by atoms with van der Waals surface area (Å²) in [6, 6.07) is 5.68. The lowest BCUT2D eigenvalue weighted by Gasteiger charge is -2.17. The molecule has 118 valence electrons. The molecule has 0 aliphatic carbocycles. The molecule has 1 aromatic heterocycles. The van der Waals surface area contributed by atoms with Crippen LogP contribution in [0, 0.1) is 6.92 Å². The topological polar surface area (TPSA) is 74.7 Å². The highest BCUT2D eigenvalue weighted by atomic mass is 16.5. The van der Waals surface area contributed by atoms with Gasteiger partial charge in [0, 0.05) is 5.56 Å². The minimum Gasteiger partial charge on any atom is -0.493 e. The number of para-hydroxylation sites is 1. The molecule has 0 amide bonds. The average Bonchev–Trinajstić information content (AvgIpc) is 2.83. The maximum absolute atomic E-state index is 5.97. The van der Waals surface area contributed by atoms with Crippen molar-refractivity contribution in [1.82, 2.24) is 9.66 Å². The van der Waals surface area contributed by atoms with Gasteiger partial charge in [0.1, 0.15) is 0 Å². The summed E-state index contributed by atoms with van der Waals surface area (Å²) in [5.41, 5.74) is 7.42. The van der Waals surface area contributed by atoms with Crippen molar-refractivity contribution in [3.63, 3.8) is 0 Å². The number of methoxy groups -OCH3 is 1. The van der Waals surface area contributed by atoms with E-state index in [4.69, 9.17) is 15.2 Å². The molecule has 22 heavy (non-hydrogen) atoms. The van der Waals surface area contributed by atoms with Crippen molar-refractivity contribution in [2.24, 2.45) is 5.10 Å². The third-order valence-electron chi connectivity index (χ3n) is 3.28. The molecule has 1 atom stereocenters. The van der Waals surface area contributed by atoms with Crippen LogP contribution in [-0.4, -0.2) is 29.1 Å². The molecule has 1 heterocycles. The molecule has 0 saturated carbocycles. The zero-order chi connectivity index (χ0) is 16.1. The number of aryl methyl sites for hydroxylation is 1. The smallest absolute Gasteiger partial charge is 0.221 e. The maximum atomic E-state index is 5.97. The number of hydrogen-bond acceptors (Lipinski definition) is 5. The van der Waals surface area contributed by atoms with Crippen molar-refractivity contribution in [3.05, 3.63) is 35.7 Å². The van der Waals surface area contributed by atoms with Crippen LogP contribution in [0.1, 0.15) is 31.5 Å². The lowest BCUT2D eigenvalue weighted by molar-refractivity contribution is 0.207. The molecule has 1 aromatic carbocycles. The Labute approximate surface area is 130 Å². The normalized spacial score (nSPS) is 12.5. The molecule has 2 aromatic rings. The van der Waals surface area contributed by atoms with Crippen molar-refractivity contribution < 1.29 is 9.47 Å². The van der Waals surface area contributed by atoms with Crippen LogP contribution in [0.25, 0.3) is 0 Å². The molecular weight excluding hydrogens is 280 g/mol. The van der Waals surface area contributed by atoms with Gasteiger partial charge in [0.15, 0.2) is 11.5 Å². The number of rotatable bonds is 6. The van der Waals surface area contributed by atoms with Crippen molar-refractivity contribution in [2.45, 2.75) is 33.3 Å². The highest BCUT2D eigenvalue weighted by Crippen LogP contribution is 2.31. The van der Waals surface area contributed by atoms with Crippen molar-refractivity contribution in [1.29, 1.82) is 0 Å². The van der Waals surface area contributed by atoms with E-state index < -0.39 is 0 Å². The summed E-state index contributed by atoms with van der Waals surface area (Å²) >= 11 is 0. The quantitative estimate of drug-likeness (QED) is 0.833. The molecule has 2 N–H and O–H groups in total. The maximum Gasteiger partial charge on any atom is 0.221 e. The lowest BCUT2D eigenvalue weighted by Crippen LogP contribution is -2.12. The molecule has 0 aliphatic rings.